The molecule has 0 aliphatic heterocycles. The number of rotatable bonds is 8. The van der Waals surface area contributed by atoms with E-state index in [9.17, 15) is 13.4 Å². The van der Waals surface area contributed by atoms with Gasteiger partial charge >= 0.3 is 0 Å². The number of nitrogens with one attached hydrogen (secondary N) is 1. The lowest BCUT2D eigenvalue weighted by Gasteiger charge is -2.07. The Morgan fingerprint density at radius 1 is 1.35 bits per heavy atom. The van der Waals surface area contributed by atoms with Crippen LogP contribution in [0.15, 0.2) is 18.2 Å². The number of carbonyl (C=O) groups excluding carboxylic acids is 1. The molecule has 1 rings (SSSR count). The fourth-order valence-corrected chi connectivity index (χ4v) is 2.93. The Labute approximate surface area is 121 Å². The average molecular weight is 300 g/mol. The van der Waals surface area contributed by atoms with Gasteiger partial charge < -0.3 is 11.1 Å². The molecule has 0 spiro atoms. The van der Waals surface area contributed by atoms with E-state index < -0.39 is 16.6 Å². The number of unbranched alkanes of at least 4 members (excludes halogenated alkanes) is 1. The number of anilines is 2. The Balaban J connectivity index is 2.33. The fourth-order valence-electron chi connectivity index (χ4n) is 1.65. The van der Waals surface area contributed by atoms with E-state index in [1.807, 2.05) is 6.92 Å². The molecular weight excluding hydrogens is 279 g/mol. The van der Waals surface area contributed by atoms with Gasteiger partial charge in [0.05, 0.1) is 5.69 Å². The van der Waals surface area contributed by atoms with Gasteiger partial charge in [-0.05, 0) is 31.0 Å². The molecule has 20 heavy (non-hydrogen) atoms. The highest BCUT2D eigenvalue weighted by molar-refractivity contribution is 7.84. The quantitative estimate of drug-likeness (QED) is 0.725. The van der Waals surface area contributed by atoms with E-state index in [-0.39, 0.29) is 18.0 Å². The van der Waals surface area contributed by atoms with E-state index in [1.165, 1.54) is 18.2 Å². The molecule has 112 valence electrons. The Kier molecular flexibility index (Phi) is 7.22. The molecule has 4 nitrogen and oxygen atoms in total. The minimum atomic E-state index is -0.865. The fraction of sp³-hybridized carbons (Fsp3) is 0.500. The van der Waals surface area contributed by atoms with Crippen LogP contribution in [-0.4, -0.2) is 21.6 Å². The molecule has 1 aromatic carbocycles. The maximum atomic E-state index is 13.4. The van der Waals surface area contributed by atoms with Gasteiger partial charge in [-0.25, -0.2) is 4.39 Å². The van der Waals surface area contributed by atoms with E-state index in [2.05, 4.69) is 5.32 Å². The van der Waals surface area contributed by atoms with Crippen LogP contribution in [0, 0.1) is 5.82 Å². The summed E-state index contributed by atoms with van der Waals surface area (Å²) in [7, 11) is -0.865. The molecule has 6 heteroatoms. The molecule has 0 saturated carbocycles. The minimum absolute atomic E-state index is 0.0853. The number of amides is 1. The Hall–Kier alpha value is -1.43. The summed E-state index contributed by atoms with van der Waals surface area (Å²) in [5.74, 6) is 0.385. The second-order valence-electron chi connectivity index (χ2n) is 4.59. The van der Waals surface area contributed by atoms with Crippen molar-refractivity contribution in [1.29, 1.82) is 0 Å². The van der Waals surface area contributed by atoms with Gasteiger partial charge in [0.15, 0.2) is 0 Å². The molecule has 0 aliphatic carbocycles. The molecule has 1 unspecified atom stereocenters. The topological polar surface area (TPSA) is 72.2 Å². The van der Waals surface area contributed by atoms with Crippen LogP contribution in [0.2, 0.25) is 0 Å². The van der Waals surface area contributed by atoms with Gasteiger partial charge in [-0.15, -0.1) is 0 Å². The Morgan fingerprint density at radius 3 is 2.75 bits per heavy atom. The lowest BCUT2D eigenvalue weighted by Crippen LogP contribution is -2.14. The van der Waals surface area contributed by atoms with Gasteiger partial charge in [0.2, 0.25) is 5.91 Å². The molecular formula is C14H21FN2O2S. The zero-order valence-corrected chi connectivity index (χ0v) is 12.5. The van der Waals surface area contributed by atoms with E-state index in [0.29, 0.717) is 23.6 Å². The van der Waals surface area contributed by atoms with Gasteiger partial charge in [-0.1, -0.05) is 13.3 Å². The average Bonchev–Trinajstić information content (AvgIpc) is 2.40. The van der Waals surface area contributed by atoms with E-state index in [0.717, 1.165) is 12.8 Å². The van der Waals surface area contributed by atoms with E-state index >= 15 is 0 Å². The summed E-state index contributed by atoms with van der Waals surface area (Å²) >= 11 is 0. The summed E-state index contributed by atoms with van der Waals surface area (Å²) in [6.07, 6.45) is 2.71. The van der Waals surface area contributed by atoms with Crippen LogP contribution in [0.1, 0.15) is 32.6 Å². The number of halogens is 1. The van der Waals surface area contributed by atoms with Crippen molar-refractivity contribution < 1.29 is 13.4 Å². The predicted octanol–water partition coefficient (Wildman–Crippen LogP) is 2.68. The zero-order valence-electron chi connectivity index (χ0n) is 11.7. The van der Waals surface area contributed by atoms with Crippen molar-refractivity contribution in [3.05, 3.63) is 24.0 Å². The smallest absolute Gasteiger partial charge is 0.224 e. The molecule has 3 N–H and O–H groups in total. The number of nitrogens with two attached hydrogens (primary N) is 1. The number of hydrogen-bond acceptors (Lipinski definition) is 3. The normalized spacial score (nSPS) is 12.1. The number of benzene rings is 1. The summed E-state index contributed by atoms with van der Waals surface area (Å²) < 4.78 is 24.9. The minimum Gasteiger partial charge on any atom is -0.399 e. The third-order valence-electron chi connectivity index (χ3n) is 2.77. The summed E-state index contributed by atoms with van der Waals surface area (Å²) in [5, 5.41) is 2.48. The van der Waals surface area contributed by atoms with Crippen LogP contribution < -0.4 is 11.1 Å². The molecule has 1 atom stereocenters. The van der Waals surface area contributed by atoms with Gasteiger partial charge in [-0.2, -0.15) is 0 Å². The Morgan fingerprint density at radius 2 is 2.05 bits per heavy atom. The van der Waals surface area contributed by atoms with Crippen LogP contribution in [0.25, 0.3) is 0 Å². The third-order valence-corrected chi connectivity index (χ3v) is 4.25. The van der Waals surface area contributed by atoms with Gasteiger partial charge in [0.1, 0.15) is 5.82 Å². The molecule has 0 aliphatic rings. The Bertz CT molecular complexity index is 480. The molecule has 0 fully saturated rings. The molecule has 0 saturated heterocycles. The first kappa shape index (κ1) is 16.6. The molecule has 0 radical (unpaired) electrons. The SMILES string of the molecule is CCCCS(=O)CCCC(=O)Nc1cc(N)ccc1F. The highest BCUT2D eigenvalue weighted by Crippen LogP contribution is 2.17. The monoisotopic (exact) mass is 300 g/mol. The maximum absolute atomic E-state index is 13.4. The molecule has 0 heterocycles. The first-order valence-corrected chi connectivity index (χ1v) is 8.21. The van der Waals surface area contributed by atoms with Crippen LogP contribution in [0.4, 0.5) is 15.8 Å². The van der Waals surface area contributed by atoms with Crippen molar-refractivity contribution in [3.8, 4) is 0 Å². The number of carbonyl (C=O) groups is 1. The molecule has 1 amide bonds. The second-order valence-corrected chi connectivity index (χ2v) is 6.29. The highest BCUT2D eigenvalue weighted by Gasteiger charge is 2.08. The maximum Gasteiger partial charge on any atom is 0.224 e. The van der Waals surface area contributed by atoms with Crippen LogP contribution in [-0.2, 0) is 15.6 Å². The van der Waals surface area contributed by atoms with Crippen molar-refractivity contribution in [2.75, 3.05) is 22.6 Å². The van der Waals surface area contributed by atoms with Crippen LogP contribution in [0.5, 0.6) is 0 Å². The lowest BCUT2D eigenvalue weighted by molar-refractivity contribution is -0.116. The number of hydrogen-bond donors (Lipinski definition) is 2. The second kappa shape index (κ2) is 8.68. The van der Waals surface area contributed by atoms with Crippen molar-refractivity contribution in [1.82, 2.24) is 0 Å². The summed E-state index contributed by atoms with van der Waals surface area (Å²) in [4.78, 5) is 11.7. The van der Waals surface area contributed by atoms with Crippen molar-refractivity contribution in [2.45, 2.75) is 32.6 Å². The third kappa shape index (κ3) is 6.14. The summed E-state index contributed by atoms with van der Waals surface area (Å²) in [6.45, 7) is 2.05. The summed E-state index contributed by atoms with van der Waals surface area (Å²) in [6, 6.07) is 4.03. The predicted molar refractivity (Wildman–Crippen MR) is 81.5 cm³/mol. The van der Waals surface area contributed by atoms with Crippen LogP contribution in [0.3, 0.4) is 0 Å². The van der Waals surface area contributed by atoms with Crippen LogP contribution >= 0.6 is 0 Å². The highest BCUT2D eigenvalue weighted by atomic mass is 32.2. The molecule has 1 aromatic rings. The van der Waals surface area contributed by atoms with Gasteiger partial charge in [0.25, 0.3) is 0 Å². The standard InChI is InChI=1S/C14H21FN2O2S/c1-2-3-8-20(19)9-4-5-14(18)17-13-10-11(16)6-7-12(13)15/h6-7,10H,2-5,8-9,16H2,1H3,(H,17,18). The first-order valence-electron chi connectivity index (χ1n) is 6.72. The van der Waals surface area contributed by atoms with Gasteiger partial charge in [-0.3, -0.25) is 9.00 Å². The van der Waals surface area contributed by atoms with Crippen molar-refractivity contribution in [2.24, 2.45) is 0 Å². The largest absolute Gasteiger partial charge is 0.399 e. The van der Waals surface area contributed by atoms with Crippen molar-refractivity contribution in [3.63, 3.8) is 0 Å². The first-order chi connectivity index (χ1) is 9.52. The number of nitrogen functional groups attached to an aromatic ring is 1. The van der Waals surface area contributed by atoms with Crippen molar-refractivity contribution >= 4 is 28.1 Å². The van der Waals surface area contributed by atoms with Gasteiger partial charge in [0, 0.05) is 34.4 Å². The van der Waals surface area contributed by atoms with E-state index in [4.69, 9.17) is 5.73 Å². The lowest BCUT2D eigenvalue weighted by atomic mass is 10.2. The van der Waals surface area contributed by atoms with E-state index in [1.54, 1.807) is 0 Å². The molecule has 0 bridgehead atoms. The zero-order chi connectivity index (χ0) is 15.0. The molecule has 0 aromatic heterocycles. The summed E-state index contributed by atoms with van der Waals surface area (Å²) in [5.41, 5.74) is 6.01.